The summed E-state index contributed by atoms with van der Waals surface area (Å²) in [6, 6.07) is 16.5. The molecule has 2 N–H and O–H groups in total. The van der Waals surface area contributed by atoms with Crippen LogP contribution in [0.25, 0.3) is 0 Å². The van der Waals surface area contributed by atoms with Gasteiger partial charge in [-0.05, 0) is 36.6 Å². The Morgan fingerprint density at radius 2 is 1.82 bits per heavy atom. The average molecular weight is 469 g/mol. The quantitative estimate of drug-likeness (QED) is 0.506. The van der Waals surface area contributed by atoms with Crippen molar-refractivity contribution < 1.29 is 18.3 Å². The van der Waals surface area contributed by atoms with Crippen LogP contribution in [-0.2, 0) is 16.1 Å². The minimum absolute atomic E-state index is 0.185. The molecule has 34 heavy (non-hydrogen) atoms. The summed E-state index contributed by atoms with van der Waals surface area (Å²) >= 11 is 0. The molecule has 0 bridgehead atoms. The number of halogens is 2. The Morgan fingerprint density at radius 1 is 1.09 bits per heavy atom. The molecule has 4 rings (SSSR count). The zero-order chi connectivity index (χ0) is 24.0. The molecule has 1 fully saturated rings. The fourth-order valence-corrected chi connectivity index (χ4v) is 3.56. The van der Waals surface area contributed by atoms with Crippen LogP contribution in [0, 0.1) is 0 Å². The highest BCUT2D eigenvalue weighted by Crippen LogP contribution is 2.23. The summed E-state index contributed by atoms with van der Waals surface area (Å²) in [5.74, 6) is -3.97. The molecule has 1 saturated heterocycles. The van der Waals surface area contributed by atoms with E-state index in [1.165, 1.54) is 18.5 Å². The van der Waals surface area contributed by atoms with Gasteiger partial charge in [-0.25, -0.2) is 9.97 Å². The second kappa shape index (κ2) is 10.5. The number of rotatable bonds is 8. The summed E-state index contributed by atoms with van der Waals surface area (Å²) in [5.41, 5.74) is 1.94. The smallest absolute Gasteiger partial charge is 0.322 e. The van der Waals surface area contributed by atoms with Crippen LogP contribution in [0.15, 0.2) is 60.9 Å². The number of alkyl halides is 2. The Bertz CT molecular complexity index is 1100. The molecule has 8 nitrogen and oxygen atoms in total. The zero-order valence-electron chi connectivity index (χ0n) is 18.7. The van der Waals surface area contributed by atoms with E-state index in [0.29, 0.717) is 31.1 Å². The molecule has 1 aliphatic rings. The Labute approximate surface area is 196 Å². The van der Waals surface area contributed by atoms with Gasteiger partial charge in [0.15, 0.2) is 0 Å². The Balaban J connectivity index is 1.32. The minimum atomic E-state index is -3.47. The van der Waals surface area contributed by atoms with Gasteiger partial charge >= 0.3 is 5.92 Å². The number of hydrogen-bond acceptors (Lipinski definition) is 7. The number of ether oxygens (including phenoxy) is 1. The highest BCUT2D eigenvalue weighted by atomic mass is 19.3. The fraction of sp³-hybridized carbons (Fsp3) is 0.333. The van der Waals surface area contributed by atoms with Gasteiger partial charge in [0, 0.05) is 31.4 Å². The van der Waals surface area contributed by atoms with Crippen LogP contribution in [0.4, 0.5) is 32.1 Å². The lowest BCUT2D eigenvalue weighted by molar-refractivity contribution is -0.137. The highest BCUT2D eigenvalue weighted by Gasteiger charge is 2.32. The number of aromatic nitrogens is 3. The molecule has 2 heterocycles. The summed E-state index contributed by atoms with van der Waals surface area (Å²) < 4.78 is 32.3. The Hall–Kier alpha value is -3.66. The molecular weight excluding hydrogens is 442 g/mol. The Kier molecular flexibility index (Phi) is 7.27. The predicted molar refractivity (Wildman–Crippen MR) is 125 cm³/mol. The van der Waals surface area contributed by atoms with Crippen molar-refractivity contribution in [1.82, 2.24) is 15.0 Å². The summed E-state index contributed by atoms with van der Waals surface area (Å²) in [4.78, 5) is 26.5. The maximum absolute atomic E-state index is 13.1. The van der Waals surface area contributed by atoms with E-state index in [4.69, 9.17) is 4.74 Å². The number of nitrogens with zero attached hydrogens (tertiary/aromatic N) is 4. The van der Waals surface area contributed by atoms with Crippen LogP contribution < -0.4 is 15.5 Å². The number of carbonyl (C=O) groups is 1. The van der Waals surface area contributed by atoms with Crippen LogP contribution >= 0.6 is 0 Å². The molecule has 0 radical (unpaired) electrons. The largest absolute Gasteiger partial charge is 0.373 e. The van der Waals surface area contributed by atoms with Gasteiger partial charge in [0.1, 0.15) is 6.33 Å². The number of nitrogens with one attached hydrogen (secondary N) is 2. The molecule has 178 valence electrons. The highest BCUT2D eigenvalue weighted by molar-refractivity contribution is 5.96. The zero-order valence-corrected chi connectivity index (χ0v) is 18.7. The van der Waals surface area contributed by atoms with E-state index in [-0.39, 0.29) is 11.8 Å². The summed E-state index contributed by atoms with van der Waals surface area (Å²) in [6.45, 7) is 2.67. The molecule has 1 aromatic heterocycles. The second-order valence-corrected chi connectivity index (χ2v) is 8.14. The van der Waals surface area contributed by atoms with E-state index in [0.717, 1.165) is 31.5 Å². The number of hydrogen-bond donors (Lipinski definition) is 2. The van der Waals surface area contributed by atoms with Gasteiger partial charge in [0.25, 0.3) is 5.91 Å². The van der Waals surface area contributed by atoms with E-state index in [2.05, 4.69) is 42.6 Å². The molecule has 0 aliphatic carbocycles. The number of piperidine rings is 1. The molecule has 0 spiro atoms. The average Bonchev–Trinajstić information content (AvgIpc) is 2.83. The molecule has 0 atom stereocenters. The fourth-order valence-electron chi connectivity index (χ4n) is 3.56. The van der Waals surface area contributed by atoms with Crippen LogP contribution in [0.1, 0.15) is 25.3 Å². The van der Waals surface area contributed by atoms with E-state index in [9.17, 15) is 13.6 Å². The first-order valence-electron chi connectivity index (χ1n) is 11.0. The van der Waals surface area contributed by atoms with E-state index in [1.807, 2.05) is 18.2 Å². The summed E-state index contributed by atoms with van der Waals surface area (Å²) in [5, 5.41) is 5.22. The number of anilines is 4. The third-order valence-corrected chi connectivity index (χ3v) is 5.39. The lowest BCUT2D eigenvalue weighted by atomic mass is 10.1. The van der Waals surface area contributed by atoms with Crippen molar-refractivity contribution in [3.05, 3.63) is 66.5 Å². The van der Waals surface area contributed by atoms with Crippen molar-refractivity contribution in [2.24, 2.45) is 0 Å². The number of carbonyl (C=O) groups excluding carboxylic acids is 1. The van der Waals surface area contributed by atoms with Crippen LogP contribution in [0.5, 0.6) is 0 Å². The molecular formula is C24H26F2N6O2. The number of benzene rings is 2. The van der Waals surface area contributed by atoms with E-state index >= 15 is 0 Å². The molecule has 0 unspecified atom stereocenters. The third-order valence-electron chi connectivity index (χ3n) is 5.39. The molecule has 10 heteroatoms. The standard InChI is InChI=1S/C24H26F2N6O2/c1-24(25,26)21(33)29-18-8-5-9-19(14-18)30-22-27-16-28-23(31-22)32-12-10-20(11-13-32)34-15-17-6-3-2-4-7-17/h2-9,14,16,20H,10-13,15H2,1H3,(H,29,33)(H,27,28,30,31). The normalized spacial score (nSPS) is 14.6. The van der Waals surface area contributed by atoms with Gasteiger partial charge in [0.05, 0.1) is 12.7 Å². The first-order chi connectivity index (χ1) is 16.4. The maximum atomic E-state index is 13.1. The van der Waals surface area contributed by atoms with Gasteiger partial charge in [-0.15, -0.1) is 0 Å². The molecule has 0 saturated carbocycles. The van der Waals surface area contributed by atoms with Crippen molar-refractivity contribution in [3.8, 4) is 0 Å². The van der Waals surface area contributed by atoms with Crippen molar-refractivity contribution >= 4 is 29.2 Å². The third kappa shape index (κ3) is 6.44. The lowest BCUT2D eigenvalue weighted by Gasteiger charge is -2.31. The van der Waals surface area contributed by atoms with E-state index in [1.54, 1.807) is 12.1 Å². The molecule has 1 aliphatic heterocycles. The van der Waals surface area contributed by atoms with Crippen LogP contribution in [-0.4, -0.2) is 46.0 Å². The monoisotopic (exact) mass is 468 g/mol. The van der Waals surface area contributed by atoms with Crippen molar-refractivity contribution in [2.45, 2.75) is 38.4 Å². The van der Waals surface area contributed by atoms with Gasteiger partial charge in [-0.3, -0.25) is 4.79 Å². The first kappa shape index (κ1) is 23.5. The molecule has 3 aromatic rings. The van der Waals surface area contributed by atoms with Crippen LogP contribution in [0.2, 0.25) is 0 Å². The Morgan fingerprint density at radius 3 is 2.56 bits per heavy atom. The lowest BCUT2D eigenvalue weighted by Crippen LogP contribution is -2.38. The van der Waals surface area contributed by atoms with Gasteiger partial charge in [-0.1, -0.05) is 36.4 Å². The van der Waals surface area contributed by atoms with Crippen molar-refractivity contribution in [1.29, 1.82) is 0 Å². The van der Waals surface area contributed by atoms with Crippen molar-refractivity contribution in [2.75, 3.05) is 28.6 Å². The number of amides is 1. The maximum Gasteiger partial charge on any atom is 0.322 e. The second-order valence-electron chi connectivity index (χ2n) is 8.14. The molecule has 2 aromatic carbocycles. The summed E-state index contributed by atoms with van der Waals surface area (Å²) in [6.07, 6.45) is 3.34. The van der Waals surface area contributed by atoms with Gasteiger partial charge < -0.3 is 20.3 Å². The van der Waals surface area contributed by atoms with E-state index < -0.39 is 11.8 Å². The van der Waals surface area contributed by atoms with Crippen molar-refractivity contribution in [3.63, 3.8) is 0 Å². The predicted octanol–water partition coefficient (Wildman–Crippen LogP) is 4.39. The minimum Gasteiger partial charge on any atom is -0.373 e. The molecule has 1 amide bonds. The topological polar surface area (TPSA) is 92.3 Å². The summed E-state index contributed by atoms with van der Waals surface area (Å²) in [7, 11) is 0. The SMILES string of the molecule is CC(F)(F)C(=O)Nc1cccc(Nc2ncnc(N3CCC(OCc4ccccc4)CC3)n2)c1. The van der Waals surface area contributed by atoms with Crippen LogP contribution in [0.3, 0.4) is 0 Å². The van der Waals surface area contributed by atoms with Gasteiger partial charge in [0.2, 0.25) is 11.9 Å². The van der Waals surface area contributed by atoms with Gasteiger partial charge in [-0.2, -0.15) is 13.8 Å². The first-order valence-corrected chi connectivity index (χ1v) is 11.0.